The minimum absolute atomic E-state index is 0.109. The average Bonchev–Trinajstić information content (AvgIpc) is 2.28. The molecule has 2 atom stereocenters. The lowest BCUT2D eigenvalue weighted by atomic mass is 10.2. The summed E-state index contributed by atoms with van der Waals surface area (Å²) in [6.45, 7) is 7.13. The number of urea groups is 1. The number of amides is 3. The minimum atomic E-state index is -1.16. The SMILES string of the molecule is C=CCC(NC(=O)NC(C)C(=O)NCC)C(=O)O. The van der Waals surface area contributed by atoms with Gasteiger partial charge in [-0.15, -0.1) is 6.58 Å². The lowest BCUT2D eigenvalue weighted by Gasteiger charge is -2.17. The number of carbonyl (C=O) groups is 3. The first-order valence-corrected chi connectivity index (χ1v) is 5.60. The number of nitrogens with one attached hydrogen (secondary N) is 3. The second-order valence-corrected chi connectivity index (χ2v) is 3.65. The van der Waals surface area contributed by atoms with Crippen LogP contribution < -0.4 is 16.0 Å². The van der Waals surface area contributed by atoms with Gasteiger partial charge in [0.2, 0.25) is 5.91 Å². The van der Waals surface area contributed by atoms with E-state index in [1.54, 1.807) is 6.92 Å². The number of aliphatic carboxylic acids is 1. The van der Waals surface area contributed by atoms with E-state index >= 15 is 0 Å². The van der Waals surface area contributed by atoms with Crippen LogP contribution in [0.15, 0.2) is 12.7 Å². The lowest BCUT2D eigenvalue weighted by molar-refractivity contribution is -0.139. The monoisotopic (exact) mass is 257 g/mol. The second kappa shape index (κ2) is 8.10. The number of hydrogen-bond acceptors (Lipinski definition) is 3. The normalized spacial score (nSPS) is 13.0. The maximum atomic E-state index is 11.5. The van der Waals surface area contributed by atoms with E-state index in [0.717, 1.165) is 0 Å². The zero-order valence-electron chi connectivity index (χ0n) is 10.5. The van der Waals surface area contributed by atoms with Gasteiger partial charge in [0, 0.05) is 6.54 Å². The van der Waals surface area contributed by atoms with Gasteiger partial charge in [0.15, 0.2) is 0 Å². The van der Waals surface area contributed by atoms with Gasteiger partial charge in [0.25, 0.3) is 0 Å². The number of likely N-dealkylation sites (N-methyl/N-ethyl adjacent to an activating group) is 1. The van der Waals surface area contributed by atoms with Crippen LogP contribution in [-0.2, 0) is 9.59 Å². The third-order valence-corrected chi connectivity index (χ3v) is 2.10. The van der Waals surface area contributed by atoms with Gasteiger partial charge in [-0.2, -0.15) is 0 Å². The first-order chi connectivity index (χ1) is 8.42. The number of rotatable bonds is 7. The molecule has 0 saturated heterocycles. The Labute approximate surface area is 106 Å². The van der Waals surface area contributed by atoms with E-state index in [1.165, 1.54) is 13.0 Å². The summed E-state index contributed by atoms with van der Waals surface area (Å²) in [4.78, 5) is 33.6. The van der Waals surface area contributed by atoms with Gasteiger partial charge in [-0.25, -0.2) is 9.59 Å². The van der Waals surface area contributed by atoms with Crippen molar-refractivity contribution in [2.24, 2.45) is 0 Å². The summed E-state index contributed by atoms with van der Waals surface area (Å²) in [5, 5.41) is 15.9. The largest absolute Gasteiger partial charge is 0.480 e. The van der Waals surface area contributed by atoms with Crippen molar-refractivity contribution in [3.05, 3.63) is 12.7 Å². The molecule has 7 heteroatoms. The first-order valence-electron chi connectivity index (χ1n) is 5.60. The summed E-state index contributed by atoms with van der Waals surface area (Å²) < 4.78 is 0. The van der Waals surface area contributed by atoms with Gasteiger partial charge in [-0.3, -0.25) is 4.79 Å². The molecule has 0 bridgehead atoms. The van der Waals surface area contributed by atoms with Crippen LogP contribution >= 0.6 is 0 Å². The van der Waals surface area contributed by atoms with E-state index in [0.29, 0.717) is 6.54 Å². The molecule has 2 unspecified atom stereocenters. The molecule has 0 heterocycles. The second-order valence-electron chi connectivity index (χ2n) is 3.65. The van der Waals surface area contributed by atoms with Crippen molar-refractivity contribution in [2.45, 2.75) is 32.4 Å². The number of hydrogen-bond donors (Lipinski definition) is 4. The molecule has 0 aliphatic rings. The maximum absolute atomic E-state index is 11.5. The Bertz CT molecular complexity index is 330. The third-order valence-electron chi connectivity index (χ3n) is 2.10. The van der Waals surface area contributed by atoms with Crippen LogP contribution in [0.5, 0.6) is 0 Å². The molecule has 0 saturated carbocycles. The number of carbonyl (C=O) groups excluding carboxylic acids is 2. The van der Waals surface area contributed by atoms with Gasteiger partial charge in [-0.1, -0.05) is 6.08 Å². The Hall–Kier alpha value is -2.05. The fraction of sp³-hybridized carbons (Fsp3) is 0.545. The predicted octanol–water partition coefficient (Wildman–Crippen LogP) is -0.160. The van der Waals surface area contributed by atoms with Crippen molar-refractivity contribution in [3.63, 3.8) is 0 Å². The van der Waals surface area contributed by atoms with Crippen LogP contribution in [0.2, 0.25) is 0 Å². The molecule has 18 heavy (non-hydrogen) atoms. The zero-order chi connectivity index (χ0) is 14.1. The van der Waals surface area contributed by atoms with Gasteiger partial charge in [0.05, 0.1) is 0 Å². The van der Waals surface area contributed by atoms with Crippen molar-refractivity contribution < 1.29 is 19.5 Å². The Morgan fingerprint density at radius 3 is 2.39 bits per heavy atom. The van der Waals surface area contributed by atoms with Crippen LogP contribution in [0.25, 0.3) is 0 Å². The van der Waals surface area contributed by atoms with Crippen LogP contribution in [0.1, 0.15) is 20.3 Å². The highest BCUT2D eigenvalue weighted by Gasteiger charge is 2.20. The molecule has 0 spiro atoms. The van der Waals surface area contributed by atoms with Crippen molar-refractivity contribution in [2.75, 3.05) is 6.54 Å². The maximum Gasteiger partial charge on any atom is 0.326 e. The quantitative estimate of drug-likeness (QED) is 0.475. The van der Waals surface area contributed by atoms with Crippen LogP contribution in [0.4, 0.5) is 4.79 Å². The predicted molar refractivity (Wildman–Crippen MR) is 66.1 cm³/mol. The molecule has 0 aromatic carbocycles. The third kappa shape index (κ3) is 5.88. The van der Waals surface area contributed by atoms with Crippen molar-refractivity contribution >= 4 is 17.9 Å². The van der Waals surface area contributed by atoms with Gasteiger partial charge < -0.3 is 21.1 Å². The van der Waals surface area contributed by atoms with E-state index in [2.05, 4.69) is 22.5 Å². The lowest BCUT2D eigenvalue weighted by Crippen LogP contribution is -2.52. The number of carboxylic acids is 1. The summed E-state index contributed by atoms with van der Waals surface area (Å²) in [7, 11) is 0. The zero-order valence-corrected chi connectivity index (χ0v) is 10.5. The van der Waals surface area contributed by atoms with E-state index in [-0.39, 0.29) is 12.3 Å². The van der Waals surface area contributed by atoms with Crippen molar-refractivity contribution in [3.8, 4) is 0 Å². The topological polar surface area (TPSA) is 108 Å². The standard InChI is InChI=1S/C11H19N3O4/c1-4-6-8(10(16)17)14-11(18)13-7(3)9(15)12-5-2/h4,7-8H,1,5-6H2,2-3H3,(H,12,15)(H,16,17)(H2,13,14,18). The fourth-order valence-corrected chi connectivity index (χ4v) is 1.18. The minimum Gasteiger partial charge on any atom is -0.480 e. The summed E-state index contributed by atoms with van der Waals surface area (Å²) in [5.74, 6) is -1.49. The summed E-state index contributed by atoms with van der Waals surface area (Å²) in [5.41, 5.74) is 0. The average molecular weight is 257 g/mol. The highest BCUT2D eigenvalue weighted by Crippen LogP contribution is 1.93. The fourth-order valence-electron chi connectivity index (χ4n) is 1.18. The molecular weight excluding hydrogens is 238 g/mol. The van der Waals surface area contributed by atoms with Crippen LogP contribution in [0, 0.1) is 0 Å². The first kappa shape index (κ1) is 16.0. The van der Waals surface area contributed by atoms with E-state index < -0.39 is 24.1 Å². The molecule has 0 aromatic heterocycles. The molecular formula is C11H19N3O4. The molecule has 0 rings (SSSR count). The molecule has 0 fully saturated rings. The van der Waals surface area contributed by atoms with E-state index in [1.807, 2.05) is 0 Å². The Balaban J connectivity index is 4.27. The van der Waals surface area contributed by atoms with E-state index in [4.69, 9.17) is 5.11 Å². The summed E-state index contributed by atoms with van der Waals surface area (Å²) in [6.07, 6.45) is 1.50. The van der Waals surface area contributed by atoms with Crippen LogP contribution in [0.3, 0.4) is 0 Å². The van der Waals surface area contributed by atoms with Gasteiger partial charge in [0.1, 0.15) is 12.1 Å². The molecule has 102 valence electrons. The molecule has 7 nitrogen and oxygen atoms in total. The van der Waals surface area contributed by atoms with Gasteiger partial charge >= 0.3 is 12.0 Å². The van der Waals surface area contributed by atoms with Crippen molar-refractivity contribution in [1.29, 1.82) is 0 Å². The van der Waals surface area contributed by atoms with Crippen LogP contribution in [-0.4, -0.2) is 41.6 Å². The number of carboxylic acid groups (broad SMARTS) is 1. The molecule has 4 N–H and O–H groups in total. The Kier molecular flexibility index (Phi) is 7.18. The molecule has 3 amide bonds. The van der Waals surface area contributed by atoms with Gasteiger partial charge in [-0.05, 0) is 20.3 Å². The summed E-state index contributed by atoms with van der Waals surface area (Å²) in [6, 6.07) is -2.49. The Morgan fingerprint density at radius 2 is 1.94 bits per heavy atom. The Morgan fingerprint density at radius 1 is 1.33 bits per heavy atom. The van der Waals surface area contributed by atoms with E-state index in [9.17, 15) is 14.4 Å². The van der Waals surface area contributed by atoms with Crippen molar-refractivity contribution in [1.82, 2.24) is 16.0 Å². The molecule has 0 aromatic rings. The highest BCUT2D eigenvalue weighted by atomic mass is 16.4. The summed E-state index contributed by atoms with van der Waals surface area (Å²) >= 11 is 0. The smallest absolute Gasteiger partial charge is 0.326 e. The highest BCUT2D eigenvalue weighted by molar-refractivity contribution is 5.88. The molecule has 0 radical (unpaired) electrons. The molecule has 0 aliphatic heterocycles. The molecule has 0 aliphatic carbocycles.